The van der Waals surface area contributed by atoms with Crippen LogP contribution in [0.5, 0.6) is 0 Å². The van der Waals surface area contributed by atoms with Crippen molar-refractivity contribution in [1.82, 2.24) is 0 Å². The zero-order chi connectivity index (χ0) is 3.58. The van der Waals surface area contributed by atoms with Gasteiger partial charge in [-0.2, -0.15) is 0 Å². The van der Waals surface area contributed by atoms with E-state index in [-0.39, 0.29) is 0 Å². The summed E-state index contributed by atoms with van der Waals surface area (Å²) >= 11 is -1.35. The Balaban J connectivity index is 2.32. The minimum absolute atomic E-state index is 1.35. The SMILES string of the molecule is [Br][Ba]([Br])[Br]. The van der Waals surface area contributed by atoms with Crippen molar-refractivity contribution in [1.29, 1.82) is 0 Å². The molecule has 4 heteroatoms. The summed E-state index contributed by atoms with van der Waals surface area (Å²) in [6.07, 6.45) is 0. The predicted octanol–water partition coefficient (Wildman–Crippen LogP) is 2.16. The third-order valence-corrected chi connectivity index (χ3v) is 0. The molecule has 0 aromatic rings. The maximum atomic E-state index is 3.34. The van der Waals surface area contributed by atoms with Crippen LogP contribution < -0.4 is 0 Å². The molecular formula is BaBr3. The van der Waals surface area contributed by atoms with Crippen LogP contribution in [0.3, 0.4) is 0 Å². The molecule has 23 valence electrons. The molecule has 0 bridgehead atoms. The Morgan fingerprint density at radius 1 is 1.00 bits per heavy atom. The molecule has 0 fully saturated rings. The zero-order valence-electron chi connectivity index (χ0n) is 1.84. The van der Waals surface area contributed by atoms with Crippen molar-refractivity contribution in [2.24, 2.45) is 0 Å². The summed E-state index contributed by atoms with van der Waals surface area (Å²) in [7, 11) is 10.0. The number of rotatable bonds is 0. The summed E-state index contributed by atoms with van der Waals surface area (Å²) in [6, 6.07) is 0. The van der Waals surface area contributed by atoms with E-state index in [9.17, 15) is 0 Å². The van der Waals surface area contributed by atoms with Gasteiger partial charge in [0.05, 0.1) is 0 Å². The predicted molar refractivity (Wildman–Crippen MR) is 32.5 cm³/mol. The second-order valence-corrected chi connectivity index (χ2v) is 59.6. The van der Waals surface area contributed by atoms with Crippen LogP contribution in [-0.2, 0) is 0 Å². The van der Waals surface area contributed by atoms with Gasteiger partial charge < -0.3 is 0 Å². The molecule has 4 heavy (non-hydrogen) atoms. The normalized spacial score (nSPS) is 9.00. The van der Waals surface area contributed by atoms with E-state index >= 15 is 0 Å². The molecule has 0 rings (SSSR count). The van der Waals surface area contributed by atoms with Gasteiger partial charge in [-0.15, -0.1) is 0 Å². The molecule has 3 radical (unpaired) electrons. The second-order valence-electron chi connectivity index (χ2n) is 0.303. The Labute approximate surface area is 50.7 Å². The van der Waals surface area contributed by atoms with Crippen molar-refractivity contribution in [3.8, 4) is 0 Å². The Bertz CT molecular complexity index is 8.00. The van der Waals surface area contributed by atoms with Gasteiger partial charge in [-0.05, 0) is 0 Å². The average Bonchev–Trinajstić information content (AvgIpc) is 0.811. The van der Waals surface area contributed by atoms with Crippen molar-refractivity contribution in [2.75, 3.05) is 0 Å². The van der Waals surface area contributed by atoms with E-state index in [0.29, 0.717) is 0 Å². The second kappa shape index (κ2) is 4.18. The summed E-state index contributed by atoms with van der Waals surface area (Å²) in [6.45, 7) is 0. The van der Waals surface area contributed by atoms with Crippen molar-refractivity contribution in [2.45, 2.75) is 0 Å². The van der Waals surface area contributed by atoms with Gasteiger partial charge in [0.25, 0.3) is 0 Å². The van der Waals surface area contributed by atoms with Gasteiger partial charge in [-0.25, -0.2) is 0 Å². The molecular weight excluding hydrogens is 377 g/mol. The molecule has 0 aliphatic heterocycles. The van der Waals surface area contributed by atoms with Gasteiger partial charge in [0.15, 0.2) is 0 Å². The Kier molecular flexibility index (Phi) is 7.32. The molecule has 0 unspecified atom stereocenters. The molecule has 0 nitrogen and oxygen atoms in total. The van der Waals surface area contributed by atoms with Gasteiger partial charge in [0, 0.05) is 0 Å². The van der Waals surface area contributed by atoms with Crippen LogP contribution in [0.15, 0.2) is 0 Å². The average molecular weight is 377 g/mol. The van der Waals surface area contributed by atoms with Crippen molar-refractivity contribution in [3.05, 3.63) is 0 Å². The van der Waals surface area contributed by atoms with Gasteiger partial charge in [0.2, 0.25) is 0 Å². The van der Waals surface area contributed by atoms with Crippen LogP contribution in [0.25, 0.3) is 0 Å². The molecule has 0 amide bonds. The summed E-state index contributed by atoms with van der Waals surface area (Å²) in [5.41, 5.74) is 0. The third kappa shape index (κ3) is 8.89. The fourth-order valence-electron chi connectivity index (χ4n) is 0. The van der Waals surface area contributed by atoms with E-state index in [0.717, 1.165) is 0 Å². The van der Waals surface area contributed by atoms with Gasteiger partial charge >= 0.3 is 53.1 Å². The molecule has 0 heterocycles. The summed E-state index contributed by atoms with van der Waals surface area (Å²) < 4.78 is 0. The van der Waals surface area contributed by atoms with Crippen molar-refractivity contribution in [3.63, 3.8) is 0 Å². The molecule has 0 aliphatic rings. The van der Waals surface area contributed by atoms with Gasteiger partial charge in [0.1, 0.15) is 0 Å². The number of hydrogen-bond donors (Lipinski definition) is 0. The summed E-state index contributed by atoms with van der Waals surface area (Å²) in [4.78, 5) is 0. The Morgan fingerprint density at radius 2 is 1.00 bits per heavy atom. The Hall–Kier alpha value is 3.01. The van der Waals surface area contributed by atoms with Crippen LogP contribution in [-0.4, -0.2) is 31.5 Å². The number of hydrogen-bond acceptors (Lipinski definition) is 0. The molecule has 0 aromatic carbocycles. The third-order valence-electron chi connectivity index (χ3n) is 0. The first-order valence-electron chi connectivity index (χ1n) is 0.802. The van der Waals surface area contributed by atoms with E-state index in [1.165, 1.54) is 0 Å². The maximum absolute atomic E-state index is 3.34. The van der Waals surface area contributed by atoms with E-state index in [2.05, 4.69) is 21.5 Å². The molecule has 0 atom stereocenters. The minimum atomic E-state index is -1.35. The van der Waals surface area contributed by atoms with Gasteiger partial charge in [-0.3, -0.25) is 0 Å². The van der Waals surface area contributed by atoms with Crippen LogP contribution in [0.1, 0.15) is 0 Å². The standard InChI is InChI=1S/Ba.3BrH/h;3*1H/q+3;;;/p-3. The summed E-state index contributed by atoms with van der Waals surface area (Å²) in [5.74, 6) is 0. The quantitative estimate of drug-likeness (QED) is 0.568. The molecule has 0 aromatic heterocycles. The van der Waals surface area contributed by atoms with Crippen LogP contribution in [0.2, 0.25) is 0 Å². The molecule has 0 aliphatic carbocycles. The topological polar surface area (TPSA) is 0 Å². The van der Waals surface area contributed by atoms with Gasteiger partial charge in [-0.1, -0.05) is 0 Å². The first-order valence-corrected chi connectivity index (χ1v) is 30.3. The van der Waals surface area contributed by atoms with Crippen LogP contribution in [0, 0.1) is 0 Å². The fourth-order valence-corrected chi connectivity index (χ4v) is 0. The fraction of sp³-hybridized carbons (Fsp3) is 0. The van der Waals surface area contributed by atoms with Crippen molar-refractivity contribution >= 4 is 53.1 Å². The van der Waals surface area contributed by atoms with E-state index < -0.39 is 31.5 Å². The van der Waals surface area contributed by atoms with E-state index in [1.54, 1.807) is 0 Å². The Morgan fingerprint density at radius 3 is 1.00 bits per heavy atom. The molecule has 0 spiro atoms. The summed E-state index contributed by atoms with van der Waals surface area (Å²) in [5, 5.41) is 0. The van der Waals surface area contributed by atoms with E-state index in [1.807, 2.05) is 0 Å². The first-order chi connectivity index (χ1) is 1.73. The first kappa shape index (κ1) is 7.01. The number of halogens is 3. The van der Waals surface area contributed by atoms with Crippen molar-refractivity contribution < 1.29 is 0 Å². The molecule has 0 N–H and O–H groups in total. The van der Waals surface area contributed by atoms with E-state index in [4.69, 9.17) is 0 Å². The zero-order valence-corrected chi connectivity index (χ0v) is 11.0. The van der Waals surface area contributed by atoms with Crippen LogP contribution >= 0.6 is 21.5 Å². The molecule has 0 saturated carbocycles. The molecule has 0 saturated heterocycles. The van der Waals surface area contributed by atoms with Crippen LogP contribution in [0.4, 0.5) is 0 Å². The monoisotopic (exact) mass is 375 g/mol.